The van der Waals surface area contributed by atoms with E-state index in [4.69, 9.17) is 5.73 Å². The fourth-order valence-corrected chi connectivity index (χ4v) is 3.80. The highest BCUT2D eigenvalue weighted by Crippen LogP contribution is 2.38. The first-order chi connectivity index (χ1) is 12.1. The molecule has 5 heteroatoms. The monoisotopic (exact) mass is 346 g/mol. The molecule has 0 saturated carbocycles. The lowest BCUT2D eigenvalue weighted by atomic mass is 9.97. The SMILES string of the molecule is Nc1ncc2sc(C(=O)O)cc2c1-c1cccc(-c2ccccc2)c1. The van der Waals surface area contributed by atoms with Crippen LogP contribution in [-0.2, 0) is 0 Å². The molecule has 0 atom stereocenters. The number of nitrogens with zero attached hydrogens (tertiary/aromatic N) is 1. The van der Waals surface area contributed by atoms with Crippen LogP contribution < -0.4 is 5.73 Å². The van der Waals surface area contributed by atoms with Crippen LogP contribution in [0.3, 0.4) is 0 Å². The number of carbonyl (C=O) groups is 1. The minimum absolute atomic E-state index is 0.280. The van der Waals surface area contributed by atoms with E-state index < -0.39 is 5.97 Å². The fraction of sp³-hybridized carbons (Fsp3) is 0. The number of thiophene rings is 1. The Morgan fingerprint density at radius 3 is 2.44 bits per heavy atom. The Morgan fingerprint density at radius 1 is 0.960 bits per heavy atom. The van der Waals surface area contributed by atoms with Crippen molar-refractivity contribution < 1.29 is 9.90 Å². The minimum Gasteiger partial charge on any atom is -0.477 e. The van der Waals surface area contributed by atoms with Gasteiger partial charge in [0.1, 0.15) is 10.7 Å². The van der Waals surface area contributed by atoms with Crippen LogP contribution in [0.5, 0.6) is 0 Å². The Bertz CT molecular complexity index is 1090. The summed E-state index contributed by atoms with van der Waals surface area (Å²) in [6.45, 7) is 0. The third-order valence-electron chi connectivity index (χ3n) is 4.08. The summed E-state index contributed by atoms with van der Waals surface area (Å²) in [4.78, 5) is 15.8. The van der Waals surface area contributed by atoms with Crippen molar-refractivity contribution in [1.82, 2.24) is 4.98 Å². The van der Waals surface area contributed by atoms with Crippen molar-refractivity contribution in [3.8, 4) is 22.3 Å². The molecule has 4 aromatic rings. The van der Waals surface area contributed by atoms with Gasteiger partial charge in [-0.15, -0.1) is 11.3 Å². The van der Waals surface area contributed by atoms with Gasteiger partial charge in [0.25, 0.3) is 0 Å². The van der Waals surface area contributed by atoms with Crippen LogP contribution in [0.4, 0.5) is 5.82 Å². The number of carboxylic acid groups (broad SMARTS) is 1. The predicted octanol–water partition coefficient (Wildman–Crippen LogP) is 4.91. The van der Waals surface area contributed by atoms with E-state index in [0.29, 0.717) is 5.82 Å². The molecule has 122 valence electrons. The third kappa shape index (κ3) is 2.75. The van der Waals surface area contributed by atoms with E-state index in [2.05, 4.69) is 23.2 Å². The highest BCUT2D eigenvalue weighted by atomic mass is 32.1. The Hall–Kier alpha value is -3.18. The van der Waals surface area contributed by atoms with Crippen LogP contribution in [-0.4, -0.2) is 16.1 Å². The van der Waals surface area contributed by atoms with Crippen molar-refractivity contribution in [3.63, 3.8) is 0 Å². The maximum atomic E-state index is 11.3. The summed E-state index contributed by atoms with van der Waals surface area (Å²) < 4.78 is 0.812. The van der Waals surface area contributed by atoms with Gasteiger partial charge in [-0.1, -0.05) is 48.5 Å². The van der Waals surface area contributed by atoms with Gasteiger partial charge in [-0.2, -0.15) is 0 Å². The number of hydrogen-bond acceptors (Lipinski definition) is 4. The number of anilines is 1. The molecule has 25 heavy (non-hydrogen) atoms. The summed E-state index contributed by atoms with van der Waals surface area (Å²) in [5, 5.41) is 10.1. The van der Waals surface area contributed by atoms with Crippen LogP contribution in [0.15, 0.2) is 66.9 Å². The molecular weight excluding hydrogens is 332 g/mol. The van der Waals surface area contributed by atoms with Gasteiger partial charge in [-0.05, 0) is 28.8 Å². The number of fused-ring (bicyclic) bond motifs is 1. The predicted molar refractivity (Wildman–Crippen MR) is 102 cm³/mol. The number of benzene rings is 2. The van der Waals surface area contributed by atoms with Gasteiger partial charge in [0.05, 0.1) is 4.70 Å². The van der Waals surface area contributed by atoms with Crippen molar-refractivity contribution in [2.45, 2.75) is 0 Å². The average molecular weight is 346 g/mol. The number of hydrogen-bond donors (Lipinski definition) is 2. The molecule has 4 nitrogen and oxygen atoms in total. The number of rotatable bonds is 3. The molecule has 0 aliphatic carbocycles. The van der Waals surface area contributed by atoms with E-state index in [1.54, 1.807) is 12.3 Å². The van der Waals surface area contributed by atoms with E-state index in [1.807, 2.05) is 36.4 Å². The van der Waals surface area contributed by atoms with E-state index in [-0.39, 0.29) is 4.88 Å². The molecule has 0 aliphatic rings. The van der Waals surface area contributed by atoms with Crippen LogP contribution in [0.25, 0.3) is 32.3 Å². The van der Waals surface area contributed by atoms with Crippen molar-refractivity contribution in [2.75, 3.05) is 5.73 Å². The molecule has 0 unspecified atom stereocenters. The smallest absolute Gasteiger partial charge is 0.345 e. The molecule has 3 N–H and O–H groups in total. The van der Waals surface area contributed by atoms with Crippen molar-refractivity contribution in [1.29, 1.82) is 0 Å². The lowest BCUT2D eigenvalue weighted by Crippen LogP contribution is -1.94. The summed E-state index contributed by atoms with van der Waals surface area (Å²) in [7, 11) is 0. The zero-order valence-electron chi connectivity index (χ0n) is 13.1. The highest BCUT2D eigenvalue weighted by Gasteiger charge is 2.16. The van der Waals surface area contributed by atoms with Gasteiger partial charge in [-0.3, -0.25) is 0 Å². The normalized spacial score (nSPS) is 10.9. The number of pyridine rings is 1. The first kappa shape index (κ1) is 15.4. The summed E-state index contributed by atoms with van der Waals surface area (Å²) in [5.74, 6) is -0.545. The maximum Gasteiger partial charge on any atom is 0.345 e. The van der Waals surface area contributed by atoms with Gasteiger partial charge in [0.15, 0.2) is 0 Å². The molecule has 0 radical (unpaired) electrons. The Morgan fingerprint density at radius 2 is 1.68 bits per heavy atom. The Kier molecular flexibility index (Phi) is 3.71. The van der Waals surface area contributed by atoms with Crippen LogP contribution in [0.1, 0.15) is 9.67 Å². The molecular formula is C20H14N2O2S. The zero-order valence-corrected chi connectivity index (χ0v) is 14.0. The standard InChI is InChI=1S/C20H14N2O2S/c21-19-18(15-10-16(20(23)24)25-17(15)11-22-19)14-8-4-7-13(9-14)12-5-2-1-3-6-12/h1-11H,(H2,21,22)(H,23,24). The van der Waals surface area contributed by atoms with Crippen LogP contribution in [0.2, 0.25) is 0 Å². The van der Waals surface area contributed by atoms with Gasteiger partial charge >= 0.3 is 5.97 Å². The maximum absolute atomic E-state index is 11.3. The summed E-state index contributed by atoms with van der Waals surface area (Å²) in [6, 6.07) is 19.8. The molecule has 0 saturated heterocycles. The minimum atomic E-state index is -0.941. The lowest BCUT2D eigenvalue weighted by molar-refractivity contribution is 0.0702. The zero-order chi connectivity index (χ0) is 17.4. The molecule has 0 aliphatic heterocycles. The first-order valence-corrected chi connectivity index (χ1v) is 8.52. The van der Waals surface area contributed by atoms with Crippen LogP contribution >= 0.6 is 11.3 Å². The number of nitrogens with two attached hydrogens (primary N) is 1. The highest BCUT2D eigenvalue weighted by molar-refractivity contribution is 7.20. The summed E-state index contributed by atoms with van der Waals surface area (Å²) >= 11 is 1.21. The van der Waals surface area contributed by atoms with Gasteiger partial charge in [-0.25, -0.2) is 9.78 Å². The average Bonchev–Trinajstić information content (AvgIpc) is 3.07. The van der Waals surface area contributed by atoms with E-state index in [9.17, 15) is 9.90 Å². The number of aromatic nitrogens is 1. The number of aromatic carboxylic acids is 1. The molecule has 2 heterocycles. The molecule has 2 aromatic carbocycles. The fourth-order valence-electron chi connectivity index (χ4n) is 2.92. The Labute approximate surface area is 148 Å². The quantitative estimate of drug-likeness (QED) is 0.552. The van der Waals surface area contributed by atoms with E-state index in [0.717, 1.165) is 32.3 Å². The van der Waals surface area contributed by atoms with Gasteiger partial charge in [0.2, 0.25) is 0 Å². The topological polar surface area (TPSA) is 76.2 Å². The molecule has 0 amide bonds. The molecule has 2 aromatic heterocycles. The second kappa shape index (κ2) is 6.03. The van der Waals surface area contributed by atoms with Crippen molar-refractivity contribution >= 4 is 33.2 Å². The number of nitrogen functional groups attached to an aromatic ring is 1. The van der Waals surface area contributed by atoms with Crippen molar-refractivity contribution in [2.24, 2.45) is 0 Å². The van der Waals surface area contributed by atoms with E-state index in [1.165, 1.54) is 11.3 Å². The van der Waals surface area contributed by atoms with Gasteiger partial charge < -0.3 is 10.8 Å². The molecule has 0 spiro atoms. The summed E-state index contributed by atoms with van der Waals surface area (Å²) in [6.07, 6.45) is 1.63. The lowest BCUT2D eigenvalue weighted by Gasteiger charge is -2.09. The Balaban J connectivity index is 1.93. The first-order valence-electron chi connectivity index (χ1n) is 7.70. The van der Waals surface area contributed by atoms with Crippen LogP contribution in [0, 0.1) is 0 Å². The molecule has 0 bridgehead atoms. The van der Waals surface area contributed by atoms with E-state index >= 15 is 0 Å². The molecule has 4 rings (SSSR count). The second-order valence-corrected chi connectivity index (χ2v) is 6.74. The summed E-state index contributed by atoms with van der Waals surface area (Å²) in [5.41, 5.74) is 10.0. The van der Waals surface area contributed by atoms with Gasteiger partial charge in [0, 0.05) is 17.1 Å². The third-order valence-corrected chi connectivity index (χ3v) is 5.13. The number of carboxylic acids is 1. The second-order valence-electron chi connectivity index (χ2n) is 5.66. The molecule has 0 fully saturated rings. The largest absolute Gasteiger partial charge is 0.477 e. The van der Waals surface area contributed by atoms with Crippen molar-refractivity contribution in [3.05, 3.63) is 71.7 Å².